The number of aliphatic hydroxyl groups excluding tert-OH is 1. The minimum atomic E-state index is -1.60. The van der Waals surface area contributed by atoms with Gasteiger partial charge in [0.25, 0.3) is 11.8 Å². The van der Waals surface area contributed by atoms with Crippen molar-refractivity contribution in [3.05, 3.63) is 63.6 Å². The number of carbonyl (C=O) groups excluding carboxylic acids is 2. The van der Waals surface area contributed by atoms with E-state index in [0.29, 0.717) is 17.0 Å². The number of benzene rings is 2. The van der Waals surface area contributed by atoms with Crippen molar-refractivity contribution < 1.29 is 24.6 Å². The van der Waals surface area contributed by atoms with Gasteiger partial charge in [0, 0.05) is 29.0 Å². The van der Waals surface area contributed by atoms with Crippen LogP contribution in [-0.2, 0) is 15.1 Å². The zero-order chi connectivity index (χ0) is 23.5. The number of hydrogen-bond acceptors (Lipinski definition) is 5. The molecule has 1 heterocycles. The molecule has 170 valence electrons. The number of halogens is 2. The van der Waals surface area contributed by atoms with Gasteiger partial charge in [0.2, 0.25) is 0 Å². The average molecular weight is 497 g/mol. The zero-order valence-electron chi connectivity index (χ0n) is 17.2. The molecular formula is C22H22Cl2N2O5S. The maximum atomic E-state index is 13.7. The van der Waals surface area contributed by atoms with Gasteiger partial charge in [-0.3, -0.25) is 14.4 Å². The van der Waals surface area contributed by atoms with Crippen LogP contribution in [0, 0.1) is 0 Å². The van der Waals surface area contributed by atoms with Crippen LogP contribution < -0.4 is 10.2 Å². The van der Waals surface area contributed by atoms with Gasteiger partial charge in [0.15, 0.2) is 0 Å². The Balaban J connectivity index is 2.04. The van der Waals surface area contributed by atoms with E-state index in [4.69, 9.17) is 23.2 Å². The Morgan fingerprint density at radius 3 is 2.56 bits per heavy atom. The highest BCUT2D eigenvalue weighted by Gasteiger charge is 2.52. The molecule has 32 heavy (non-hydrogen) atoms. The van der Waals surface area contributed by atoms with Crippen LogP contribution in [0.3, 0.4) is 0 Å². The third-order valence-corrected chi connectivity index (χ3v) is 6.70. The molecule has 3 N–H and O–H groups in total. The van der Waals surface area contributed by atoms with Crippen LogP contribution in [0.15, 0.2) is 42.5 Å². The van der Waals surface area contributed by atoms with Crippen molar-refractivity contribution in [2.45, 2.75) is 24.5 Å². The molecule has 0 radical (unpaired) electrons. The van der Waals surface area contributed by atoms with Crippen LogP contribution in [0.4, 0.5) is 5.69 Å². The number of carbonyl (C=O) groups is 3. The Labute approximate surface area is 199 Å². The molecule has 2 atom stereocenters. The first kappa shape index (κ1) is 24.4. The van der Waals surface area contributed by atoms with Crippen LogP contribution in [-0.4, -0.2) is 52.7 Å². The van der Waals surface area contributed by atoms with E-state index in [2.05, 4.69) is 5.32 Å². The fraction of sp³-hybridized carbons (Fsp3) is 0.318. The Morgan fingerprint density at radius 2 is 1.91 bits per heavy atom. The van der Waals surface area contributed by atoms with Gasteiger partial charge in [0.05, 0.1) is 22.7 Å². The number of nitrogens with one attached hydrogen (secondary N) is 1. The van der Waals surface area contributed by atoms with E-state index < -0.39 is 29.4 Å². The molecule has 10 heteroatoms. The predicted molar refractivity (Wildman–Crippen MR) is 126 cm³/mol. The number of anilines is 1. The highest BCUT2D eigenvalue weighted by atomic mass is 35.5. The molecule has 2 aromatic carbocycles. The van der Waals surface area contributed by atoms with Crippen LogP contribution in [0.5, 0.6) is 0 Å². The van der Waals surface area contributed by atoms with Crippen molar-refractivity contribution in [3.63, 3.8) is 0 Å². The van der Waals surface area contributed by atoms with Gasteiger partial charge in [-0.2, -0.15) is 11.8 Å². The van der Waals surface area contributed by atoms with Gasteiger partial charge in [-0.15, -0.1) is 0 Å². The van der Waals surface area contributed by atoms with Crippen molar-refractivity contribution >= 4 is 58.4 Å². The number of rotatable bonds is 9. The van der Waals surface area contributed by atoms with E-state index in [9.17, 15) is 24.6 Å². The summed E-state index contributed by atoms with van der Waals surface area (Å²) in [5, 5.41) is 22.9. The minimum absolute atomic E-state index is 0.0220. The molecular weight excluding hydrogens is 475 g/mol. The molecule has 1 aliphatic rings. The monoisotopic (exact) mass is 496 g/mol. The van der Waals surface area contributed by atoms with Gasteiger partial charge >= 0.3 is 5.97 Å². The predicted octanol–water partition coefficient (Wildman–Crippen LogP) is 3.55. The van der Waals surface area contributed by atoms with Crippen molar-refractivity contribution in [2.75, 3.05) is 23.5 Å². The van der Waals surface area contributed by atoms with Crippen LogP contribution in [0.1, 0.15) is 28.8 Å². The molecule has 2 aromatic rings. The summed E-state index contributed by atoms with van der Waals surface area (Å²) in [6, 6.07) is 11.2. The van der Waals surface area contributed by atoms with Crippen molar-refractivity contribution in [1.82, 2.24) is 5.32 Å². The molecule has 0 aromatic heterocycles. The lowest BCUT2D eigenvalue weighted by molar-refractivity contribution is -0.137. The second-order valence-electron chi connectivity index (χ2n) is 7.42. The van der Waals surface area contributed by atoms with Crippen molar-refractivity contribution in [3.8, 4) is 0 Å². The summed E-state index contributed by atoms with van der Waals surface area (Å²) in [6.45, 7) is 0.0220. The lowest BCUT2D eigenvalue weighted by atomic mass is 9.86. The zero-order valence-corrected chi connectivity index (χ0v) is 19.5. The lowest BCUT2D eigenvalue weighted by Crippen LogP contribution is -2.54. The van der Waals surface area contributed by atoms with Gasteiger partial charge in [-0.25, -0.2) is 0 Å². The van der Waals surface area contributed by atoms with Gasteiger partial charge in [-0.1, -0.05) is 41.4 Å². The van der Waals surface area contributed by atoms with E-state index in [1.807, 2.05) is 6.26 Å². The first-order valence-electron chi connectivity index (χ1n) is 9.77. The summed E-state index contributed by atoms with van der Waals surface area (Å²) >= 11 is 13.4. The molecule has 2 amide bonds. The molecule has 0 spiro atoms. The fourth-order valence-electron chi connectivity index (χ4n) is 3.78. The number of aliphatic hydroxyl groups is 1. The van der Waals surface area contributed by atoms with Crippen LogP contribution in [0.25, 0.3) is 0 Å². The van der Waals surface area contributed by atoms with E-state index in [0.717, 1.165) is 0 Å². The minimum Gasteiger partial charge on any atom is -0.481 e. The van der Waals surface area contributed by atoms with Crippen molar-refractivity contribution in [1.29, 1.82) is 0 Å². The van der Waals surface area contributed by atoms with E-state index >= 15 is 0 Å². The molecule has 2 unspecified atom stereocenters. The summed E-state index contributed by atoms with van der Waals surface area (Å²) in [7, 11) is 0. The van der Waals surface area contributed by atoms with E-state index in [1.54, 1.807) is 24.3 Å². The molecule has 3 rings (SSSR count). The first-order valence-corrected chi connectivity index (χ1v) is 11.9. The molecule has 0 fully saturated rings. The van der Waals surface area contributed by atoms with E-state index in [-0.39, 0.29) is 35.0 Å². The number of nitrogens with zero attached hydrogens (tertiary/aromatic N) is 1. The highest BCUT2D eigenvalue weighted by Crippen LogP contribution is 2.43. The molecule has 1 aliphatic heterocycles. The first-order chi connectivity index (χ1) is 15.2. The van der Waals surface area contributed by atoms with Gasteiger partial charge in [0.1, 0.15) is 5.54 Å². The Bertz CT molecular complexity index is 1050. The summed E-state index contributed by atoms with van der Waals surface area (Å²) < 4.78 is 0. The smallest absolute Gasteiger partial charge is 0.303 e. The summed E-state index contributed by atoms with van der Waals surface area (Å²) in [5.41, 5.74) is -0.411. The third-order valence-electron chi connectivity index (χ3n) is 5.24. The number of amides is 2. The molecule has 0 bridgehead atoms. The number of β-amino-alcohol motifs (C(OH)–C–C–N with tert-alkyl or cyclic N) is 1. The number of hydrogen-bond donors (Lipinski definition) is 3. The standard InChI is InChI=1S/C22H22Cl2N2O5S/c1-32-12-14(27)11-26-18-5-3-2-4-15(18)22(21(26)31,9-8-19(28)29)25-20(30)13-6-7-16(23)17(24)10-13/h2-7,10,14,27H,8-9,11-12H2,1H3,(H,25,30)(H,28,29). The fourth-order valence-corrected chi connectivity index (χ4v) is 4.57. The van der Waals surface area contributed by atoms with E-state index in [1.165, 1.54) is 34.9 Å². The molecule has 0 aliphatic carbocycles. The lowest BCUT2D eigenvalue weighted by Gasteiger charge is -2.30. The molecule has 0 saturated heterocycles. The summed E-state index contributed by atoms with van der Waals surface area (Å²) in [6.07, 6.45) is 0.559. The van der Waals surface area contributed by atoms with Gasteiger partial charge < -0.3 is 20.4 Å². The summed E-state index contributed by atoms with van der Waals surface area (Å²) in [4.78, 5) is 39.6. The second kappa shape index (κ2) is 10.1. The van der Waals surface area contributed by atoms with Crippen LogP contribution >= 0.6 is 35.0 Å². The number of carboxylic acids is 1. The Kier molecular flexibility index (Phi) is 7.71. The number of para-hydroxylation sites is 1. The van der Waals surface area contributed by atoms with Crippen molar-refractivity contribution in [2.24, 2.45) is 0 Å². The third kappa shape index (κ3) is 4.88. The quantitative estimate of drug-likeness (QED) is 0.489. The Hall–Kier alpha value is -2.26. The summed E-state index contributed by atoms with van der Waals surface area (Å²) in [5.74, 6) is -1.76. The Morgan fingerprint density at radius 1 is 1.19 bits per heavy atom. The number of aliphatic carboxylic acids is 1. The number of thioether (sulfide) groups is 1. The molecule has 7 nitrogen and oxygen atoms in total. The molecule has 0 saturated carbocycles. The number of carboxylic acid groups (broad SMARTS) is 1. The largest absolute Gasteiger partial charge is 0.481 e. The number of fused-ring (bicyclic) bond motifs is 1. The average Bonchev–Trinajstić information content (AvgIpc) is 2.97. The topological polar surface area (TPSA) is 107 Å². The SMILES string of the molecule is CSCC(O)CN1C(=O)C(CCC(=O)O)(NC(=O)c2ccc(Cl)c(Cl)c2)c2ccccc21. The normalized spacial score (nSPS) is 18.4. The maximum absolute atomic E-state index is 13.7. The van der Waals surface area contributed by atoms with Crippen LogP contribution in [0.2, 0.25) is 10.0 Å². The van der Waals surface area contributed by atoms with Gasteiger partial charge in [-0.05, 0) is 36.9 Å². The maximum Gasteiger partial charge on any atom is 0.303 e. The second-order valence-corrected chi connectivity index (χ2v) is 9.15. The highest BCUT2D eigenvalue weighted by molar-refractivity contribution is 7.98.